The highest BCUT2D eigenvalue weighted by Gasteiger charge is 2.21. The zero-order valence-electron chi connectivity index (χ0n) is 27.6. The highest BCUT2D eigenvalue weighted by molar-refractivity contribution is 6.23. The second kappa shape index (κ2) is 11.8. The number of rotatable bonds is 5. The zero-order chi connectivity index (χ0) is 33.8. The zero-order valence-corrected chi connectivity index (χ0v) is 27.6. The molecule has 9 rings (SSSR count). The van der Waals surface area contributed by atoms with Crippen LogP contribution >= 0.6 is 0 Å². The van der Waals surface area contributed by atoms with Gasteiger partial charge >= 0.3 is 0 Å². The van der Waals surface area contributed by atoms with Gasteiger partial charge < -0.3 is 4.42 Å². The van der Waals surface area contributed by atoms with Crippen LogP contribution in [0.25, 0.3) is 92.9 Å². The van der Waals surface area contributed by atoms with Gasteiger partial charge in [-0.25, -0.2) is 0 Å². The van der Waals surface area contributed by atoms with Crippen LogP contribution in [0.2, 0.25) is 0 Å². The number of nitrogens with zero attached hydrogens (tertiary/aromatic N) is 1. The Morgan fingerprint density at radius 1 is 0.600 bits per heavy atom. The number of fused-ring (bicyclic) bond motifs is 7. The van der Waals surface area contributed by atoms with Gasteiger partial charge in [-0.2, -0.15) is 5.26 Å². The van der Waals surface area contributed by atoms with Crippen LogP contribution in [0.5, 0.6) is 0 Å². The van der Waals surface area contributed by atoms with E-state index in [1.165, 1.54) is 27.1 Å². The van der Waals surface area contributed by atoms with Crippen molar-refractivity contribution in [2.45, 2.75) is 6.92 Å². The smallest absolute Gasteiger partial charge is 0.143 e. The molecule has 8 aromatic carbocycles. The first-order valence-corrected chi connectivity index (χ1v) is 16.9. The fourth-order valence-electron chi connectivity index (χ4n) is 7.94. The Morgan fingerprint density at radius 3 is 1.70 bits per heavy atom. The summed E-state index contributed by atoms with van der Waals surface area (Å²) < 4.78 is 6.81. The molecule has 0 bridgehead atoms. The van der Waals surface area contributed by atoms with Gasteiger partial charge in [0, 0.05) is 32.7 Å². The molecule has 0 amide bonds. The Hall–Kier alpha value is -6.69. The molecule has 0 aliphatic rings. The normalized spacial score (nSPS) is 12.2. The maximum atomic E-state index is 10.2. The topological polar surface area (TPSA) is 36.9 Å². The van der Waals surface area contributed by atoms with Crippen LogP contribution in [-0.2, 0) is 0 Å². The lowest BCUT2D eigenvalue weighted by Crippen LogP contribution is -1.93. The Morgan fingerprint density at radius 2 is 1.14 bits per heavy atom. The van der Waals surface area contributed by atoms with Crippen molar-refractivity contribution in [2.75, 3.05) is 0 Å². The van der Waals surface area contributed by atoms with E-state index in [2.05, 4.69) is 153 Å². The van der Waals surface area contributed by atoms with Gasteiger partial charge in [0.05, 0.1) is 5.56 Å². The van der Waals surface area contributed by atoms with Crippen LogP contribution in [0, 0.1) is 11.3 Å². The van der Waals surface area contributed by atoms with Crippen molar-refractivity contribution in [3.63, 3.8) is 0 Å². The molecular formula is C48H31NO. The number of hydrogen-bond donors (Lipinski definition) is 0. The minimum Gasteiger partial charge on any atom is -0.455 e. The van der Waals surface area contributed by atoms with E-state index in [1.807, 2.05) is 24.3 Å². The molecule has 1 aromatic heterocycles. The number of allylic oxidation sites excluding steroid dienone is 5. The lowest BCUT2D eigenvalue weighted by atomic mass is 9.85. The van der Waals surface area contributed by atoms with Crippen molar-refractivity contribution in [1.29, 1.82) is 5.26 Å². The van der Waals surface area contributed by atoms with Crippen molar-refractivity contribution >= 4 is 70.6 Å². The van der Waals surface area contributed by atoms with Gasteiger partial charge in [-0.3, -0.25) is 0 Å². The molecule has 2 heteroatoms. The van der Waals surface area contributed by atoms with Crippen LogP contribution in [-0.4, -0.2) is 0 Å². The number of nitriles is 1. The Balaban J connectivity index is 1.34. The van der Waals surface area contributed by atoms with Gasteiger partial charge in [0.15, 0.2) is 0 Å². The largest absolute Gasteiger partial charge is 0.455 e. The molecule has 0 aliphatic heterocycles. The van der Waals surface area contributed by atoms with Crippen molar-refractivity contribution in [3.05, 3.63) is 175 Å². The Bertz CT molecular complexity index is 2850. The van der Waals surface area contributed by atoms with Crippen LogP contribution in [0.1, 0.15) is 18.1 Å². The molecule has 0 saturated carbocycles. The van der Waals surface area contributed by atoms with Crippen molar-refractivity contribution in [3.8, 4) is 28.3 Å². The van der Waals surface area contributed by atoms with Crippen LogP contribution in [0.4, 0.5) is 0 Å². The molecule has 0 N–H and O–H groups in total. The standard InChI is InChI=1S/C48H31NO/c1-3-5-15-30(4-2)45-36-20-10-12-22-38(36)47(39-23-13-11-21-37(39)45)41-25-14-24-40-42-28-31(26-27-44(42)50-48(40)41)46-34-18-8-6-16-32(34)43(29-49)33-17-7-9-19-35(33)46/h3-28H,1H2,2H3/b15-5-,30-4+. The van der Waals surface area contributed by atoms with E-state index in [4.69, 9.17) is 4.42 Å². The molecule has 50 heavy (non-hydrogen) atoms. The minimum absolute atomic E-state index is 0.711. The molecule has 0 radical (unpaired) electrons. The number of hydrogen-bond acceptors (Lipinski definition) is 2. The van der Waals surface area contributed by atoms with Crippen LogP contribution < -0.4 is 0 Å². The molecule has 234 valence electrons. The van der Waals surface area contributed by atoms with Gasteiger partial charge in [-0.05, 0) is 73.6 Å². The van der Waals surface area contributed by atoms with Crippen molar-refractivity contribution in [2.24, 2.45) is 0 Å². The Labute approximate surface area is 290 Å². The summed E-state index contributed by atoms with van der Waals surface area (Å²) in [4.78, 5) is 0. The highest BCUT2D eigenvalue weighted by Crippen LogP contribution is 2.46. The van der Waals surface area contributed by atoms with Gasteiger partial charge in [-0.1, -0.05) is 152 Å². The fraction of sp³-hybridized carbons (Fsp3) is 0.0208. The summed E-state index contributed by atoms with van der Waals surface area (Å²) in [7, 11) is 0. The second-order valence-electron chi connectivity index (χ2n) is 12.6. The van der Waals surface area contributed by atoms with E-state index in [0.29, 0.717) is 5.56 Å². The van der Waals surface area contributed by atoms with Gasteiger partial charge in [0.25, 0.3) is 0 Å². The predicted octanol–water partition coefficient (Wildman–Crippen LogP) is 13.5. The summed E-state index contributed by atoms with van der Waals surface area (Å²) in [6.45, 7) is 6.00. The fourth-order valence-corrected chi connectivity index (χ4v) is 7.94. The SMILES string of the molecule is C=C/C=C\C(=C/C)c1c2ccccc2c(-c2cccc3c2oc2ccc(-c4c5ccccc5c(C#N)c5ccccc45)cc23)c2ccccc12. The maximum absolute atomic E-state index is 10.2. The summed E-state index contributed by atoms with van der Waals surface area (Å²) in [5.74, 6) is 0. The summed E-state index contributed by atoms with van der Waals surface area (Å²) >= 11 is 0. The van der Waals surface area contributed by atoms with E-state index in [9.17, 15) is 5.26 Å². The lowest BCUT2D eigenvalue weighted by molar-refractivity contribution is 0.670. The molecule has 9 aromatic rings. The first-order valence-electron chi connectivity index (χ1n) is 16.9. The van der Waals surface area contributed by atoms with Crippen molar-refractivity contribution in [1.82, 2.24) is 0 Å². The number of benzene rings is 8. The maximum Gasteiger partial charge on any atom is 0.143 e. The molecule has 2 nitrogen and oxygen atoms in total. The van der Waals surface area contributed by atoms with E-state index < -0.39 is 0 Å². The molecule has 1 heterocycles. The average Bonchev–Trinajstić information content (AvgIpc) is 3.55. The van der Waals surface area contributed by atoms with Crippen molar-refractivity contribution < 1.29 is 4.42 Å². The molecule has 0 atom stereocenters. The van der Waals surface area contributed by atoms with Gasteiger partial charge in [0.1, 0.15) is 17.2 Å². The Kier molecular flexibility index (Phi) is 6.93. The average molecular weight is 638 g/mol. The molecule has 0 fully saturated rings. The first kappa shape index (κ1) is 29.4. The third-order valence-electron chi connectivity index (χ3n) is 10.0. The molecule has 0 aliphatic carbocycles. The molecular weight excluding hydrogens is 607 g/mol. The van der Waals surface area contributed by atoms with E-state index >= 15 is 0 Å². The monoisotopic (exact) mass is 637 g/mol. The van der Waals surface area contributed by atoms with Gasteiger partial charge in [0.2, 0.25) is 0 Å². The van der Waals surface area contributed by atoms with E-state index in [0.717, 1.165) is 71.3 Å². The second-order valence-corrected chi connectivity index (χ2v) is 12.6. The number of furan rings is 1. The molecule has 0 unspecified atom stereocenters. The summed E-state index contributed by atoms with van der Waals surface area (Å²) in [5.41, 5.74) is 9.24. The molecule has 0 saturated heterocycles. The quantitative estimate of drug-likeness (QED) is 0.139. The van der Waals surface area contributed by atoms with Crippen LogP contribution in [0.3, 0.4) is 0 Å². The highest BCUT2D eigenvalue weighted by atomic mass is 16.3. The van der Waals surface area contributed by atoms with Gasteiger partial charge in [-0.15, -0.1) is 0 Å². The van der Waals surface area contributed by atoms with Crippen LogP contribution in [0.15, 0.2) is 169 Å². The summed E-state index contributed by atoms with van der Waals surface area (Å²) in [6, 6.07) is 49.4. The third kappa shape index (κ3) is 4.34. The third-order valence-corrected chi connectivity index (χ3v) is 10.0. The molecule has 0 spiro atoms. The summed E-state index contributed by atoms with van der Waals surface area (Å²) in [6.07, 6.45) is 8.13. The summed E-state index contributed by atoms with van der Waals surface area (Å²) in [5, 5.41) is 21.1. The van der Waals surface area contributed by atoms with E-state index in [1.54, 1.807) is 0 Å². The lowest BCUT2D eigenvalue weighted by Gasteiger charge is -2.18. The van der Waals surface area contributed by atoms with E-state index in [-0.39, 0.29) is 0 Å². The minimum atomic E-state index is 0.711. The first-order chi connectivity index (χ1) is 24.7. The predicted molar refractivity (Wildman–Crippen MR) is 212 cm³/mol. The number of para-hydroxylation sites is 1.